The van der Waals surface area contributed by atoms with Gasteiger partial charge in [-0.05, 0) is 37.6 Å². The van der Waals surface area contributed by atoms with Crippen LogP contribution in [-0.4, -0.2) is 38.0 Å². The van der Waals surface area contributed by atoms with Crippen LogP contribution in [0.2, 0.25) is 0 Å². The molecule has 1 aromatic rings. The van der Waals surface area contributed by atoms with Crippen molar-refractivity contribution in [3.8, 4) is 0 Å². The van der Waals surface area contributed by atoms with E-state index in [9.17, 15) is 14.5 Å². The average Bonchev–Trinajstić information content (AvgIpc) is 2.83. The van der Waals surface area contributed by atoms with Crippen LogP contribution in [0.3, 0.4) is 0 Å². The maximum Gasteiger partial charge on any atom is 0.407 e. The van der Waals surface area contributed by atoms with Crippen molar-refractivity contribution in [1.82, 2.24) is 9.62 Å². The normalized spacial score (nSPS) is 26.7. The van der Waals surface area contributed by atoms with Crippen molar-refractivity contribution < 1.29 is 14.5 Å². The molecule has 0 aliphatic carbocycles. The predicted molar refractivity (Wildman–Crippen MR) is 95.0 cm³/mol. The molecular formula is C16H26N2O3S2. The summed E-state index contributed by atoms with van der Waals surface area (Å²) in [5.41, 5.74) is -0.890. The molecule has 1 aromatic heterocycles. The molecule has 0 saturated carbocycles. The molecular weight excluding hydrogens is 332 g/mol. The first-order valence-corrected chi connectivity index (χ1v) is 9.66. The van der Waals surface area contributed by atoms with Crippen LogP contribution < -0.4 is 4.72 Å². The highest BCUT2D eigenvalue weighted by molar-refractivity contribution is 7.90. The number of hydrogen-bond acceptors (Lipinski definition) is 4. The van der Waals surface area contributed by atoms with Gasteiger partial charge in [0, 0.05) is 16.2 Å². The Kier molecular flexibility index (Phi) is 4.81. The van der Waals surface area contributed by atoms with E-state index in [0.717, 1.165) is 4.88 Å². The Labute approximate surface area is 145 Å². The summed E-state index contributed by atoms with van der Waals surface area (Å²) in [7, 11) is 0. The lowest BCUT2D eigenvalue weighted by Crippen LogP contribution is -2.78. The molecule has 5 nitrogen and oxygen atoms in total. The quantitative estimate of drug-likeness (QED) is 0.812. The van der Waals surface area contributed by atoms with Gasteiger partial charge in [-0.3, -0.25) is 4.90 Å². The van der Waals surface area contributed by atoms with Crippen molar-refractivity contribution >= 4 is 28.8 Å². The largest absolute Gasteiger partial charge is 0.598 e. The molecule has 23 heavy (non-hydrogen) atoms. The zero-order valence-electron chi connectivity index (χ0n) is 14.5. The van der Waals surface area contributed by atoms with E-state index in [-0.39, 0.29) is 11.5 Å². The molecule has 2 heterocycles. The summed E-state index contributed by atoms with van der Waals surface area (Å²) in [4.78, 5) is 14.1. The van der Waals surface area contributed by atoms with Gasteiger partial charge in [0.05, 0.1) is 12.6 Å². The van der Waals surface area contributed by atoms with Crippen molar-refractivity contribution in [3.05, 3.63) is 22.4 Å². The number of thiophene rings is 1. The Morgan fingerprint density at radius 3 is 2.43 bits per heavy atom. The molecule has 1 fully saturated rings. The highest BCUT2D eigenvalue weighted by atomic mass is 32.2. The second kappa shape index (κ2) is 5.95. The summed E-state index contributed by atoms with van der Waals surface area (Å²) < 4.78 is 15.6. The Bertz CT molecular complexity index is 563. The fourth-order valence-electron chi connectivity index (χ4n) is 3.19. The Morgan fingerprint density at radius 2 is 2.04 bits per heavy atom. The number of rotatable bonds is 3. The molecule has 1 amide bonds. The molecule has 130 valence electrons. The van der Waals surface area contributed by atoms with E-state index in [1.54, 1.807) is 11.3 Å². The van der Waals surface area contributed by atoms with Crippen LogP contribution >= 0.6 is 11.3 Å². The monoisotopic (exact) mass is 358 g/mol. The fraction of sp³-hybridized carbons (Fsp3) is 0.688. The van der Waals surface area contributed by atoms with E-state index in [4.69, 9.17) is 0 Å². The summed E-state index contributed by atoms with van der Waals surface area (Å²) in [5.74, 6) is 0. The third-order valence-electron chi connectivity index (χ3n) is 4.06. The number of nitrogens with zero attached hydrogens (tertiary/aromatic N) is 1. The third-order valence-corrected chi connectivity index (χ3v) is 6.77. The number of carbonyl (C=O) groups is 1. The topological polar surface area (TPSA) is 75.6 Å². The molecule has 7 heteroatoms. The average molecular weight is 359 g/mol. The van der Waals surface area contributed by atoms with E-state index in [1.807, 2.05) is 59.1 Å². The Hall–Kier alpha value is -0.760. The van der Waals surface area contributed by atoms with E-state index >= 15 is 0 Å². The number of nitrogens with one attached hydrogen (secondary N) is 1. The first kappa shape index (κ1) is 18.6. The molecule has 1 aliphatic rings. The van der Waals surface area contributed by atoms with E-state index in [1.165, 1.54) is 4.90 Å². The van der Waals surface area contributed by atoms with Crippen molar-refractivity contribution in [2.45, 2.75) is 57.9 Å². The zero-order valence-corrected chi connectivity index (χ0v) is 16.2. The molecule has 0 spiro atoms. The van der Waals surface area contributed by atoms with Crippen molar-refractivity contribution in [2.75, 3.05) is 6.54 Å². The lowest BCUT2D eigenvalue weighted by molar-refractivity contribution is -0.0636. The highest BCUT2D eigenvalue weighted by Gasteiger charge is 2.63. The summed E-state index contributed by atoms with van der Waals surface area (Å²) in [5, 5.41) is 11.5. The maximum atomic E-state index is 12.8. The van der Waals surface area contributed by atoms with Crippen LogP contribution in [0.5, 0.6) is 0 Å². The van der Waals surface area contributed by atoms with Gasteiger partial charge in [-0.15, -0.1) is 16.1 Å². The van der Waals surface area contributed by atoms with Crippen molar-refractivity contribution in [2.24, 2.45) is 5.41 Å². The van der Waals surface area contributed by atoms with Gasteiger partial charge in [0.2, 0.25) is 0 Å². The van der Waals surface area contributed by atoms with Crippen LogP contribution in [0, 0.1) is 5.41 Å². The predicted octanol–water partition coefficient (Wildman–Crippen LogP) is 3.40. The summed E-state index contributed by atoms with van der Waals surface area (Å²) in [6.45, 7) is 12.1. The number of amides is 1. The molecule has 1 aliphatic heterocycles. The van der Waals surface area contributed by atoms with Crippen LogP contribution in [0.1, 0.15) is 46.4 Å². The lowest BCUT2D eigenvalue weighted by atomic mass is 9.67. The molecule has 2 rings (SSSR count). The minimum Gasteiger partial charge on any atom is -0.598 e. The third kappa shape index (κ3) is 3.38. The van der Waals surface area contributed by atoms with Gasteiger partial charge in [-0.25, -0.2) is 4.79 Å². The second-order valence-electron chi connectivity index (χ2n) is 8.11. The minimum atomic E-state index is -1.29. The van der Waals surface area contributed by atoms with Gasteiger partial charge in [0.1, 0.15) is 10.3 Å². The van der Waals surface area contributed by atoms with Gasteiger partial charge in [-0.1, -0.05) is 26.8 Å². The van der Waals surface area contributed by atoms with Crippen LogP contribution in [0.4, 0.5) is 4.79 Å². The number of carboxylic acid groups (broad SMARTS) is 1. The second-order valence-corrected chi connectivity index (χ2v) is 11.0. The Morgan fingerprint density at radius 1 is 1.43 bits per heavy atom. The number of hydrogen-bond donors (Lipinski definition) is 2. The van der Waals surface area contributed by atoms with Gasteiger partial charge in [0.15, 0.2) is 0 Å². The molecule has 0 aromatic carbocycles. The van der Waals surface area contributed by atoms with Crippen LogP contribution in [0.15, 0.2) is 17.5 Å². The van der Waals surface area contributed by atoms with E-state index in [2.05, 4.69) is 4.72 Å². The van der Waals surface area contributed by atoms with Gasteiger partial charge < -0.3 is 9.66 Å². The van der Waals surface area contributed by atoms with Crippen LogP contribution in [0.25, 0.3) is 0 Å². The molecule has 1 saturated heterocycles. The summed E-state index contributed by atoms with van der Waals surface area (Å²) >= 11 is 0.289. The van der Waals surface area contributed by atoms with Crippen molar-refractivity contribution in [3.63, 3.8) is 0 Å². The smallest absolute Gasteiger partial charge is 0.407 e. The van der Waals surface area contributed by atoms with Gasteiger partial charge in [-0.2, -0.15) is 0 Å². The fourth-order valence-corrected chi connectivity index (χ4v) is 5.07. The maximum absolute atomic E-state index is 12.8. The standard InChI is InChI=1S/C16H26N2O3S2/c1-14(2,3)12-16(10-18(12)13(19)20,11-8-7-9-22-11)17-23(21)15(4,5)6/h7-9,12,17H,10H2,1-6H3,(H,19,20). The zero-order chi connectivity index (χ0) is 17.6. The molecule has 3 atom stereocenters. The first-order valence-electron chi connectivity index (χ1n) is 7.63. The SMILES string of the molecule is CC(C)(C)C1N(C(=O)O)CC1(N[S+]([O-])C(C)(C)C)c1cccs1. The summed E-state index contributed by atoms with van der Waals surface area (Å²) in [6.07, 6.45) is -0.930. The Balaban J connectivity index is 2.46. The van der Waals surface area contributed by atoms with Gasteiger partial charge >= 0.3 is 6.09 Å². The highest BCUT2D eigenvalue weighted by Crippen LogP contribution is 2.49. The van der Waals surface area contributed by atoms with E-state index in [0.29, 0.717) is 6.54 Å². The molecule has 0 bridgehead atoms. The first-order chi connectivity index (χ1) is 10.4. The van der Waals surface area contributed by atoms with Crippen LogP contribution in [-0.2, 0) is 16.9 Å². The number of likely N-dealkylation sites (tertiary alicyclic amines) is 1. The summed E-state index contributed by atoms with van der Waals surface area (Å²) in [6, 6.07) is 3.67. The lowest BCUT2D eigenvalue weighted by Gasteiger charge is -2.60. The minimum absolute atomic E-state index is 0.280. The molecule has 2 N–H and O–H groups in total. The molecule has 3 unspecified atom stereocenters. The van der Waals surface area contributed by atoms with Gasteiger partial charge in [0.25, 0.3) is 0 Å². The van der Waals surface area contributed by atoms with E-state index < -0.39 is 27.7 Å². The molecule has 0 radical (unpaired) electrons. The van der Waals surface area contributed by atoms with Crippen molar-refractivity contribution in [1.29, 1.82) is 0 Å².